The Morgan fingerprint density at radius 1 is 1.33 bits per heavy atom. The van der Waals surface area contributed by atoms with E-state index in [9.17, 15) is 0 Å². The van der Waals surface area contributed by atoms with Gasteiger partial charge in [-0.25, -0.2) is 0 Å². The van der Waals surface area contributed by atoms with E-state index in [1.165, 1.54) is 4.26 Å². The van der Waals surface area contributed by atoms with Gasteiger partial charge in [-0.05, 0) is 0 Å². The molecule has 9 heavy (non-hydrogen) atoms. The summed E-state index contributed by atoms with van der Waals surface area (Å²) in [6.07, 6.45) is 1.84. The quantitative estimate of drug-likeness (QED) is 0.559. The zero-order valence-electron chi connectivity index (χ0n) is 4.74. The number of nitrogens with zero attached hydrogens (tertiary/aromatic N) is 1. The Balaban J connectivity index is 2.95. The first-order chi connectivity index (χ1) is 4.47. The number of aromatic nitrogens is 1. The fourth-order valence-corrected chi connectivity index (χ4v) is 2.36. The molecule has 0 spiro atoms. The molecule has 2 heteroatoms. The molecule has 1 nitrogen and oxygen atoms in total. The molecule has 0 N–H and O–H groups in total. The summed E-state index contributed by atoms with van der Waals surface area (Å²) in [4.78, 5) is 6.39. The van der Waals surface area contributed by atoms with E-state index in [0.717, 1.165) is 5.52 Å². The molecule has 0 bridgehead atoms. The molecule has 0 fully saturated rings. The summed E-state index contributed by atoms with van der Waals surface area (Å²) in [6.45, 7) is 0. The van der Waals surface area contributed by atoms with Crippen molar-refractivity contribution in [1.82, 2.24) is 4.98 Å². The van der Waals surface area contributed by atoms with Gasteiger partial charge in [-0.15, -0.1) is 0 Å². The third kappa shape index (κ3) is 0.805. The van der Waals surface area contributed by atoms with Crippen LogP contribution in [-0.2, 0) is 0 Å². The van der Waals surface area contributed by atoms with Gasteiger partial charge in [-0.3, -0.25) is 0 Å². The minimum atomic E-state index is 0.559. The number of hydrogen-bond acceptors (Lipinski definition) is 1. The van der Waals surface area contributed by atoms with Crippen molar-refractivity contribution in [2.75, 3.05) is 0 Å². The predicted octanol–water partition coefficient (Wildman–Crippen LogP) is 1.29. The van der Waals surface area contributed by atoms with Gasteiger partial charge in [0.2, 0.25) is 0 Å². The van der Waals surface area contributed by atoms with E-state index in [2.05, 4.69) is 22.1 Å². The summed E-state index contributed by atoms with van der Waals surface area (Å²) in [5.74, 6) is 0. The van der Waals surface area contributed by atoms with Crippen molar-refractivity contribution in [2.24, 2.45) is 0 Å². The fourth-order valence-electron chi connectivity index (χ4n) is 0.799. The van der Waals surface area contributed by atoms with Gasteiger partial charge in [-0.2, -0.15) is 0 Å². The molecule has 2 heterocycles. The molecule has 0 unspecified atom stereocenters. The summed E-state index contributed by atoms with van der Waals surface area (Å²) in [7, 11) is 0. The van der Waals surface area contributed by atoms with Crippen LogP contribution in [-0.4, -0.2) is 19.5 Å². The molecule has 0 aliphatic heterocycles. The van der Waals surface area contributed by atoms with Crippen LogP contribution in [0, 0.1) is 0 Å². The zero-order chi connectivity index (χ0) is 6.10. The van der Waals surface area contributed by atoms with E-state index in [1.54, 1.807) is 0 Å². The molecular weight excluding hydrogens is 177 g/mol. The van der Waals surface area contributed by atoms with E-state index >= 15 is 0 Å². The molecule has 0 saturated heterocycles. The topological polar surface area (TPSA) is 12.9 Å². The van der Waals surface area contributed by atoms with Gasteiger partial charge in [0.05, 0.1) is 0 Å². The summed E-state index contributed by atoms with van der Waals surface area (Å²) in [5.41, 5.74) is 1.16. The minimum absolute atomic E-state index is 0.559. The van der Waals surface area contributed by atoms with Crippen LogP contribution in [0.3, 0.4) is 0 Å². The van der Waals surface area contributed by atoms with E-state index in [4.69, 9.17) is 0 Å². The Labute approximate surface area is 59.1 Å². The first-order valence-corrected chi connectivity index (χ1v) is 4.59. The van der Waals surface area contributed by atoms with Crippen LogP contribution >= 0.6 is 0 Å². The Kier molecular flexibility index (Phi) is 1.15. The summed E-state index contributed by atoms with van der Waals surface area (Å²) in [6, 6.07) is 6.23. The van der Waals surface area contributed by atoms with Crippen molar-refractivity contribution in [3.05, 3.63) is 29.3 Å². The van der Waals surface area contributed by atoms with Crippen LogP contribution in [0.2, 0.25) is 0 Å². The molecule has 0 aliphatic carbocycles. The van der Waals surface area contributed by atoms with Crippen LogP contribution in [0.15, 0.2) is 29.3 Å². The molecule has 0 amide bonds. The normalized spacial score (nSPS) is 10.2. The average Bonchev–Trinajstić information content (AvgIpc) is 2.33. The van der Waals surface area contributed by atoms with Crippen LogP contribution in [0.4, 0.5) is 0 Å². The first-order valence-electron chi connectivity index (χ1n) is 2.75. The van der Waals surface area contributed by atoms with Crippen molar-refractivity contribution in [1.29, 1.82) is 0 Å². The van der Waals surface area contributed by atoms with Crippen molar-refractivity contribution in [2.45, 2.75) is 0 Å². The van der Waals surface area contributed by atoms with Gasteiger partial charge in [0.25, 0.3) is 0 Å². The van der Waals surface area contributed by atoms with Gasteiger partial charge < -0.3 is 0 Å². The van der Waals surface area contributed by atoms with E-state index in [1.807, 2.05) is 12.3 Å². The zero-order valence-corrected chi connectivity index (χ0v) is 6.46. The number of hydrogen-bond donors (Lipinski definition) is 0. The first kappa shape index (κ1) is 5.21. The van der Waals surface area contributed by atoms with E-state index < -0.39 is 0 Å². The Bertz CT molecular complexity index is 283. The summed E-state index contributed by atoms with van der Waals surface area (Å²) < 4.78 is 1.41. The maximum atomic E-state index is 4.19. The Morgan fingerprint density at radius 3 is 3.22 bits per heavy atom. The van der Waals surface area contributed by atoms with Gasteiger partial charge in [0, 0.05) is 0 Å². The fraction of sp³-hybridized carbons (Fsp3) is 0. The molecular formula is C7H5NSe. The Morgan fingerprint density at radius 2 is 2.33 bits per heavy atom. The molecule has 0 saturated carbocycles. The molecule has 2 aromatic heterocycles. The third-order valence-electron chi connectivity index (χ3n) is 1.22. The van der Waals surface area contributed by atoms with Crippen molar-refractivity contribution in [3.63, 3.8) is 0 Å². The Hall–Kier alpha value is -0.591. The molecule has 0 radical (unpaired) electrons. The van der Waals surface area contributed by atoms with Crippen molar-refractivity contribution in [3.8, 4) is 0 Å². The monoisotopic (exact) mass is 183 g/mol. The van der Waals surface area contributed by atoms with Gasteiger partial charge in [0.1, 0.15) is 0 Å². The molecule has 44 valence electrons. The van der Waals surface area contributed by atoms with Gasteiger partial charge in [-0.1, -0.05) is 0 Å². The number of rotatable bonds is 0. The van der Waals surface area contributed by atoms with Crippen LogP contribution in [0.5, 0.6) is 0 Å². The third-order valence-corrected chi connectivity index (χ3v) is 3.05. The van der Waals surface area contributed by atoms with Gasteiger partial charge >= 0.3 is 58.6 Å². The van der Waals surface area contributed by atoms with Gasteiger partial charge in [0.15, 0.2) is 0 Å². The second kappa shape index (κ2) is 1.98. The van der Waals surface area contributed by atoms with Crippen molar-refractivity contribution < 1.29 is 0 Å². The number of pyridine rings is 1. The predicted molar refractivity (Wildman–Crippen MR) is 38.7 cm³/mol. The average molecular weight is 182 g/mol. The second-order valence-electron chi connectivity index (χ2n) is 1.81. The molecule has 0 aliphatic rings. The summed E-state index contributed by atoms with van der Waals surface area (Å²) >= 11 is 0.559. The molecule has 2 rings (SSSR count). The van der Waals surface area contributed by atoms with Crippen LogP contribution in [0.25, 0.3) is 9.78 Å². The van der Waals surface area contributed by atoms with Crippen molar-refractivity contribution >= 4 is 24.3 Å². The molecule has 2 aromatic rings. The maximum absolute atomic E-state index is 4.19. The second-order valence-corrected chi connectivity index (χ2v) is 3.80. The SMILES string of the molecule is c1cnc2cc[se]c2c1. The van der Waals surface area contributed by atoms with Crippen LogP contribution < -0.4 is 0 Å². The van der Waals surface area contributed by atoms with Crippen LogP contribution in [0.1, 0.15) is 0 Å². The number of fused-ring (bicyclic) bond motifs is 1. The molecule has 0 atom stereocenters. The van der Waals surface area contributed by atoms with E-state index in [-0.39, 0.29) is 0 Å². The standard InChI is InChI=1S/C7H5NSe/c1-2-7-6(8-4-1)3-5-9-7/h1-5H. The summed E-state index contributed by atoms with van der Waals surface area (Å²) in [5, 5.41) is 0. The van der Waals surface area contributed by atoms with E-state index in [0.29, 0.717) is 14.5 Å². The molecule has 0 aromatic carbocycles.